The van der Waals surface area contributed by atoms with Crippen LogP contribution in [0.2, 0.25) is 5.02 Å². The molecule has 0 fully saturated rings. The minimum Gasteiger partial charge on any atom is -0.0843 e. The summed E-state index contributed by atoms with van der Waals surface area (Å²) < 4.78 is 0. The highest BCUT2D eigenvalue weighted by molar-refractivity contribution is 6.30. The SMILES string of the molecule is C[C](C)c1cc(Cl)cc(C(C)(C)C)c1. The number of rotatable bonds is 1. The average molecular weight is 210 g/mol. The quantitative estimate of drug-likeness (QED) is 0.634. The topological polar surface area (TPSA) is 0 Å². The molecule has 14 heavy (non-hydrogen) atoms. The van der Waals surface area contributed by atoms with Crippen LogP contribution in [0.3, 0.4) is 0 Å². The smallest absolute Gasteiger partial charge is 0.0411 e. The molecule has 0 aliphatic rings. The van der Waals surface area contributed by atoms with E-state index in [0.717, 1.165) is 5.02 Å². The van der Waals surface area contributed by atoms with Crippen LogP contribution in [0, 0.1) is 5.92 Å². The molecule has 77 valence electrons. The first-order valence-electron chi connectivity index (χ1n) is 4.92. The van der Waals surface area contributed by atoms with Gasteiger partial charge >= 0.3 is 0 Å². The van der Waals surface area contributed by atoms with E-state index in [1.165, 1.54) is 17.0 Å². The Morgan fingerprint density at radius 2 is 1.64 bits per heavy atom. The third kappa shape index (κ3) is 2.75. The van der Waals surface area contributed by atoms with Gasteiger partial charge in [0.2, 0.25) is 0 Å². The van der Waals surface area contributed by atoms with Crippen LogP contribution in [-0.2, 0) is 5.41 Å². The van der Waals surface area contributed by atoms with Gasteiger partial charge in [0.1, 0.15) is 0 Å². The summed E-state index contributed by atoms with van der Waals surface area (Å²) >= 11 is 6.09. The van der Waals surface area contributed by atoms with E-state index in [4.69, 9.17) is 11.6 Å². The maximum absolute atomic E-state index is 6.09. The largest absolute Gasteiger partial charge is 0.0843 e. The zero-order chi connectivity index (χ0) is 10.9. The molecule has 0 nitrogen and oxygen atoms in total. The van der Waals surface area contributed by atoms with Crippen molar-refractivity contribution in [2.45, 2.75) is 40.0 Å². The van der Waals surface area contributed by atoms with Crippen molar-refractivity contribution in [3.63, 3.8) is 0 Å². The van der Waals surface area contributed by atoms with Gasteiger partial charge in [-0.1, -0.05) is 52.3 Å². The van der Waals surface area contributed by atoms with Crippen molar-refractivity contribution in [3.05, 3.63) is 40.3 Å². The lowest BCUT2D eigenvalue weighted by atomic mass is 9.85. The average Bonchev–Trinajstić information content (AvgIpc) is 2.01. The Bertz CT molecular complexity index is 318. The number of halogens is 1. The molecule has 0 N–H and O–H groups in total. The van der Waals surface area contributed by atoms with Crippen LogP contribution in [0.15, 0.2) is 18.2 Å². The second kappa shape index (κ2) is 3.94. The van der Waals surface area contributed by atoms with Gasteiger partial charge in [-0.25, -0.2) is 0 Å². The Morgan fingerprint density at radius 1 is 1.07 bits per heavy atom. The van der Waals surface area contributed by atoms with Crippen LogP contribution in [0.4, 0.5) is 0 Å². The lowest BCUT2D eigenvalue weighted by Crippen LogP contribution is -2.11. The normalized spacial score (nSPS) is 12.2. The first-order chi connectivity index (χ1) is 6.30. The number of benzene rings is 1. The van der Waals surface area contributed by atoms with Crippen LogP contribution in [0.1, 0.15) is 45.7 Å². The fraction of sp³-hybridized carbons (Fsp3) is 0.462. The molecule has 1 rings (SSSR count). The summed E-state index contributed by atoms with van der Waals surface area (Å²) in [6.45, 7) is 10.8. The Kier molecular flexibility index (Phi) is 3.26. The summed E-state index contributed by atoms with van der Waals surface area (Å²) in [5, 5.41) is 0.827. The molecule has 0 saturated heterocycles. The molecule has 0 amide bonds. The summed E-state index contributed by atoms with van der Waals surface area (Å²) in [6.07, 6.45) is 0. The Labute approximate surface area is 92.3 Å². The fourth-order valence-electron chi connectivity index (χ4n) is 1.31. The van der Waals surface area contributed by atoms with Crippen molar-refractivity contribution >= 4 is 11.6 Å². The molecule has 1 aromatic carbocycles. The van der Waals surface area contributed by atoms with Gasteiger partial charge in [0.05, 0.1) is 0 Å². The molecule has 0 bridgehead atoms. The Balaban J connectivity index is 3.21. The molecule has 0 aliphatic heterocycles. The molecule has 0 heterocycles. The van der Waals surface area contributed by atoms with Gasteiger partial charge in [0, 0.05) is 5.02 Å². The lowest BCUT2D eigenvalue weighted by molar-refractivity contribution is 0.589. The molecular weight excluding hydrogens is 192 g/mol. The van der Waals surface area contributed by atoms with Crippen LogP contribution in [0.5, 0.6) is 0 Å². The Morgan fingerprint density at radius 3 is 2.07 bits per heavy atom. The zero-order valence-corrected chi connectivity index (χ0v) is 10.4. The molecule has 0 aromatic heterocycles. The second-order valence-electron chi connectivity index (χ2n) is 4.98. The first-order valence-corrected chi connectivity index (χ1v) is 5.30. The van der Waals surface area contributed by atoms with Crippen LogP contribution in [-0.4, -0.2) is 0 Å². The van der Waals surface area contributed by atoms with Crippen molar-refractivity contribution in [3.8, 4) is 0 Å². The van der Waals surface area contributed by atoms with E-state index in [0.29, 0.717) is 0 Å². The molecule has 1 aromatic rings. The van der Waals surface area contributed by atoms with Gasteiger partial charge in [0.25, 0.3) is 0 Å². The molecule has 0 saturated carbocycles. The summed E-state index contributed by atoms with van der Waals surface area (Å²) in [6, 6.07) is 6.29. The van der Waals surface area contributed by atoms with Gasteiger partial charge in [0.15, 0.2) is 0 Å². The lowest BCUT2D eigenvalue weighted by Gasteiger charge is -2.21. The highest BCUT2D eigenvalue weighted by atomic mass is 35.5. The minimum atomic E-state index is 0.162. The highest BCUT2D eigenvalue weighted by Gasteiger charge is 2.15. The summed E-state index contributed by atoms with van der Waals surface area (Å²) in [4.78, 5) is 0. The molecule has 0 unspecified atom stereocenters. The van der Waals surface area contributed by atoms with Crippen LogP contribution >= 0.6 is 11.6 Å². The van der Waals surface area contributed by atoms with Crippen LogP contribution < -0.4 is 0 Å². The fourth-order valence-corrected chi connectivity index (χ4v) is 1.55. The standard InChI is InChI=1S/C13H18Cl/c1-9(2)10-6-11(13(3,4)5)8-12(14)7-10/h6-8H,1-5H3. The number of hydrogen-bond donors (Lipinski definition) is 0. The van der Waals surface area contributed by atoms with Crippen molar-refractivity contribution in [2.24, 2.45) is 0 Å². The molecule has 1 heteroatoms. The predicted molar refractivity (Wildman–Crippen MR) is 63.8 cm³/mol. The van der Waals surface area contributed by atoms with Gasteiger partial charge in [-0.05, 0) is 34.6 Å². The maximum Gasteiger partial charge on any atom is 0.0411 e. The molecular formula is C13H18Cl. The highest BCUT2D eigenvalue weighted by Crippen LogP contribution is 2.28. The van der Waals surface area contributed by atoms with Crippen LogP contribution in [0.25, 0.3) is 0 Å². The van der Waals surface area contributed by atoms with E-state index < -0.39 is 0 Å². The summed E-state index contributed by atoms with van der Waals surface area (Å²) in [7, 11) is 0. The first kappa shape index (κ1) is 11.6. The molecule has 0 aliphatic carbocycles. The Hall–Kier alpha value is -0.490. The predicted octanol–water partition coefficient (Wildman–Crippen LogP) is 4.60. The van der Waals surface area contributed by atoms with E-state index in [-0.39, 0.29) is 5.41 Å². The van der Waals surface area contributed by atoms with Gasteiger partial charge < -0.3 is 0 Å². The molecule has 0 atom stereocenters. The maximum atomic E-state index is 6.09. The van der Waals surface area contributed by atoms with Crippen molar-refractivity contribution < 1.29 is 0 Å². The van der Waals surface area contributed by atoms with Gasteiger partial charge in [-0.15, -0.1) is 0 Å². The van der Waals surface area contributed by atoms with Crippen molar-refractivity contribution in [2.75, 3.05) is 0 Å². The van der Waals surface area contributed by atoms with Crippen molar-refractivity contribution in [1.29, 1.82) is 0 Å². The van der Waals surface area contributed by atoms with E-state index in [2.05, 4.69) is 40.7 Å². The second-order valence-corrected chi connectivity index (χ2v) is 5.42. The van der Waals surface area contributed by atoms with E-state index in [9.17, 15) is 0 Å². The van der Waals surface area contributed by atoms with E-state index >= 15 is 0 Å². The number of hydrogen-bond acceptors (Lipinski definition) is 0. The van der Waals surface area contributed by atoms with Gasteiger partial charge in [-0.2, -0.15) is 0 Å². The third-order valence-corrected chi connectivity index (χ3v) is 2.56. The minimum absolute atomic E-state index is 0.162. The molecule has 1 radical (unpaired) electrons. The van der Waals surface area contributed by atoms with E-state index in [1.807, 2.05) is 12.1 Å². The summed E-state index contributed by atoms with van der Waals surface area (Å²) in [5.41, 5.74) is 2.69. The third-order valence-electron chi connectivity index (χ3n) is 2.34. The van der Waals surface area contributed by atoms with E-state index in [1.54, 1.807) is 0 Å². The monoisotopic (exact) mass is 209 g/mol. The molecule has 0 spiro atoms. The van der Waals surface area contributed by atoms with Gasteiger partial charge in [-0.3, -0.25) is 0 Å². The summed E-state index contributed by atoms with van der Waals surface area (Å²) in [5.74, 6) is 1.30. The zero-order valence-electron chi connectivity index (χ0n) is 9.61. The van der Waals surface area contributed by atoms with Crippen molar-refractivity contribution in [1.82, 2.24) is 0 Å².